The Labute approximate surface area is 64.5 Å². The third-order valence-electron chi connectivity index (χ3n) is 3.43. The minimum absolute atomic E-state index is 1.13. The average molecular weight is 136 g/mol. The monoisotopic (exact) mass is 136 g/mol. The van der Waals surface area contributed by atoms with Crippen molar-refractivity contribution >= 4 is 6.71 Å². The summed E-state index contributed by atoms with van der Waals surface area (Å²) < 4.78 is 0. The van der Waals surface area contributed by atoms with Crippen molar-refractivity contribution in [1.29, 1.82) is 0 Å². The van der Waals surface area contributed by atoms with Gasteiger partial charge in [0.1, 0.15) is 6.71 Å². The lowest BCUT2D eigenvalue weighted by molar-refractivity contribution is 0.437. The second kappa shape index (κ2) is 2.98. The van der Waals surface area contributed by atoms with Gasteiger partial charge in [0, 0.05) is 0 Å². The van der Waals surface area contributed by atoms with Crippen LogP contribution in [0.2, 0.25) is 19.0 Å². The molecule has 0 saturated carbocycles. The van der Waals surface area contributed by atoms with Crippen LogP contribution in [0.25, 0.3) is 0 Å². The summed E-state index contributed by atoms with van der Waals surface area (Å²) in [7, 11) is 0. The summed E-state index contributed by atoms with van der Waals surface area (Å²) in [6.45, 7) is 1.13. The van der Waals surface area contributed by atoms with Crippen molar-refractivity contribution in [3.8, 4) is 0 Å². The Balaban J connectivity index is 2.01. The normalized spacial score (nSPS) is 28.2. The third-order valence-corrected chi connectivity index (χ3v) is 3.43. The van der Waals surface area contributed by atoms with E-state index < -0.39 is 0 Å². The van der Waals surface area contributed by atoms with Crippen LogP contribution in [0, 0.1) is 5.92 Å². The smallest absolute Gasteiger partial charge is 0.0741 e. The van der Waals surface area contributed by atoms with Crippen LogP contribution < -0.4 is 0 Å². The zero-order valence-electron chi connectivity index (χ0n) is 6.81. The quantitative estimate of drug-likeness (QED) is 0.449. The molecule has 0 aromatic heterocycles. The number of hydrogen-bond acceptors (Lipinski definition) is 0. The van der Waals surface area contributed by atoms with E-state index in [1.165, 1.54) is 12.8 Å². The maximum atomic E-state index is 1.56. The van der Waals surface area contributed by atoms with E-state index in [9.17, 15) is 0 Å². The highest BCUT2D eigenvalue weighted by Crippen LogP contribution is 2.33. The van der Waals surface area contributed by atoms with Gasteiger partial charge in [-0.25, -0.2) is 0 Å². The summed E-state index contributed by atoms with van der Waals surface area (Å²) in [5.41, 5.74) is 0. The molecule has 2 heterocycles. The van der Waals surface area contributed by atoms with Gasteiger partial charge >= 0.3 is 0 Å². The van der Waals surface area contributed by atoms with Crippen LogP contribution in [0.15, 0.2) is 0 Å². The zero-order valence-corrected chi connectivity index (χ0v) is 6.81. The Bertz CT molecular complexity index is 89.3. The standard InChI is InChI=1S/C9H17B/c1-3-9-4-2-7-10(6-1)8-5-9/h9H,1-8H2. The van der Waals surface area contributed by atoms with E-state index in [-0.39, 0.29) is 0 Å². The molecule has 2 bridgehead atoms. The molecule has 0 aromatic carbocycles. The highest BCUT2D eigenvalue weighted by Gasteiger charge is 2.24. The molecular weight excluding hydrogens is 119 g/mol. The van der Waals surface area contributed by atoms with Crippen molar-refractivity contribution in [3.05, 3.63) is 0 Å². The molecule has 2 rings (SSSR count). The van der Waals surface area contributed by atoms with E-state index in [0.717, 1.165) is 12.6 Å². The van der Waals surface area contributed by atoms with Gasteiger partial charge < -0.3 is 0 Å². The number of fused-ring (bicyclic) bond motifs is 3. The SMILES string of the molecule is C1CB2CCCC(C1)CC2. The van der Waals surface area contributed by atoms with Crippen LogP contribution in [0.1, 0.15) is 32.1 Å². The molecule has 10 heavy (non-hydrogen) atoms. The Morgan fingerprint density at radius 1 is 0.800 bits per heavy atom. The summed E-state index contributed by atoms with van der Waals surface area (Å²) in [5.74, 6) is 1.13. The Morgan fingerprint density at radius 3 is 2.20 bits per heavy atom. The maximum Gasteiger partial charge on any atom is 0.139 e. The second-order valence-electron chi connectivity index (χ2n) is 4.17. The summed E-state index contributed by atoms with van der Waals surface area (Å²) in [6.07, 6.45) is 12.4. The van der Waals surface area contributed by atoms with E-state index in [2.05, 4.69) is 0 Å². The van der Waals surface area contributed by atoms with Crippen molar-refractivity contribution in [2.45, 2.75) is 51.1 Å². The average Bonchev–Trinajstić information content (AvgIpc) is 2.17. The van der Waals surface area contributed by atoms with Crippen LogP contribution in [0.5, 0.6) is 0 Å². The van der Waals surface area contributed by atoms with Crippen molar-refractivity contribution in [2.75, 3.05) is 0 Å². The molecule has 1 heteroatoms. The molecule has 0 N–H and O–H groups in total. The molecule has 2 aliphatic rings. The van der Waals surface area contributed by atoms with Gasteiger partial charge in [0.15, 0.2) is 0 Å². The highest BCUT2D eigenvalue weighted by atomic mass is 14.2. The molecule has 2 fully saturated rings. The van der Waals surface area contributed by atoms with Crippen molar-refractivity contribution < 1.29 is 0 Å². The first kappa shape index (κ1) is 6.76. The number of hydrogen-bond donors (Lipinski definition) is 0. The maximum absolute atomic E-state index is 1.56. The molecule has 0 nitrogen and oxygen atoms in total. The zero-order chi connectivity index (χ0) is 6.81. The summed E-state index contributed by atoms with van der Waals surface area (Å²) in [4.78, 5) is 0. The van der Waals surface area contributed by atoms with Gasteiger partial charge in [-0.1, -0.05) is 51.1 Å². The minimum Gasteiger partial charge on any atom is -0.0741 e. The largest absolute Gasteiger partial charge is 0.139 e. The highest BCUT2D eigenvalue weighted by molar-refractivity contribution is 6.58. The Kier molecular flexibility index (Phi) is 2.01. The summed E-state index contributed by atoms with van der Waals surface area (Å²) in [6, 6.07) is 0. The minimum atomic E-state index is 1.13. The second-order valence-corrected chi connectivity index (χ2v) is 4.17. The van der Waals surface area contributed by atoms with E-state index in [1.54, 1.807) is 38.2 Å². The topological polar surface area (TPSA) is 0 Å². The summed E-state index contributed by atoms with van der Waals surface area (Å²) >= 11 is 0. The first-order chi connectivity index (χ1) is 4.95. The predicted octanol–water partition coefficient (Wildman–Crippen LogP) is 3.08. The summed E-state index contributed by atoms with van der Waals surface area (Å²) in [5, 5.41) is 0. The molecule has 56 valence electrons. The fraction of sp³-hybridized carbons (Fsp3) is 1.00. The molecule has 2 saturated heterocycles. The van der Waals surface area contributed by atoms with E-state index in [1.807, 2.05) is 0 Å². The lowest BCUT2D eigenvalue weighted by Gasteiger charge is -2.13. The van der Waals surface area contributed by atoms with Crippen LogP contribution >= 0.6 is 0 Å². The van der Waals surface area contributed by atoms with Gasteiger partial charge in [-0.3, -0.25) is 0 Å². The van der Waals surface area contributed by atoms with Crippen LogP contribution in [-0.2, 0) is 0 Å². The molecule has 0 unspecified atom stereocenters. The Morgan fingerprint density at radius 2 is 1.50 bits per heavy atom. The first-order valence-electron chi connectivity index (χ1n) is 4.95. The van der Waals surface area contributed by atoms with E-state index in [0.29, 0.717) is 0 Å². The molecule has 0 spiro atoms. The lowest BCUT2D eigenvalue weighted by Crippen LogP contribution is -2.08. The predicted molar refractivity (Wildman–Crippen MR) is 46.8 cm³/mol. The molecule has 0 atom stereocenters. The van der Waals surface area contributed by atoms with E-state index in [4.69, 9.17) is 0 Å². The number of rotatable bonds is 0. The first-order valence-corrected chi connectivity index (χ1v) is 4.95. The molecule has 0 aliphatic carbocycles. The van der Waals surface area contributed by atoms with Crippen molar-refractivity contribution in [2.24, 2.45) is 5.92 Å². The van der Waals surface area contributed by atoms with Gasteiger partial charge in [0.05, 0.1) is 0 Å². The van der Waals surface area contributed by atoms with Crippen LogP contribution in [0.4, 0.5) is 0 Å². The van der Waals surface area contributed by atoms with Gasteiger partial charge in [-0.2, -0.15) is 0 Å². The van der Waals surface area contributed by atoms with Crippen molar-refractivity contribution in [3.63, 3.8) is 0 Å². The van der Waals surface area contributed by atoms with Gasteiger partial charge in [0.25, 0.3) is 0 Å². The fourth-order valence-electron chi connectivity index (χ4n) is 2.73. The van der Waals surface area contributed by atoms with Crippen molar-refractivity contribution in [1.82, 2.24) is 0 Å². The lowest BCUT2D eigenvalue weighted by atomic mass is 9.42. The molecular formula is C9H17B. The van der Waals surface area contributed by atoms with E-state index >= 15 is 0 Å². The third kappa shape index (κ3) is 1.38. The van der Waals surface area contributed by atoms with Gasteiger partial charge in [-0.15, -0.1) is 0 Å². The van der Waals surface area contributed by atoms with Gasteiger partial charge in [-0.05, 0) is 5.92 Å². The van der Waals surface area contributed by atoms with Crippen LogP contribution in [0.3, 0.4) is 0 Å². The van der Waals surface area contributed by atoms with Gasteiger partial charge in [0.2, 0.25) is 0 Å². The Hall–Kier alpha value is 0.0649. The molecule has 0 radical (unpaired) electrons. The molecule has 0 amide bonds. The fourth-order valence-corrected chi connectivity index (χ4v) is 2.73. The molecule has 2 aliphatic heterocycles. The van der Waals surface area contributed by atoms with Crippen LogP contribution in [-0.4, -0.2) is 6.71 Å². The molecule has 0 aromatic rings.